The number of nitrogens with one attached hydrogen (secondary N) is 1. The fourth-order valence-electron chi connectivity index (χ4n) is 3.70. The van der Waals surface area contributed by atoms with Gasteiger partial charge in [-0.3, -0.25) is 9.48 Å². The summed E-state index contributed by atoms with van der Waals surface area (Å²) in [6, 6.07) is 2.06. The van der Waals surface area contributed by atoms with Gasteiger partial charge in [-0.05, 0) is 38.8 Å². The molecule has 0 bridgehead atoms. The smallest absolute Gasteiger partial charge is 0.263 e. The van der Waals surface area contributed by atoms with Crippen molar-refractivity contribution < 1.29 is 18.0 Å². The zero-order valence-electron chi connectivity index (χ0n) is 17.7. The third kappa shape index (κ3) is 3.92. The molecule has 1 atom stereocenters. The largest absolute Gasteiger partial charge is 0.342 e. The maximum atomic E-state index is 13.6. The summed E-state index contributed by atoms with van der Waals surface area (Å²) in [6.07, 6.45) is 2.64. The van der Waals surface area contributed by atoms with E-state index in [1.54, 1.807) is 18.5 Å². The van der Waals surface area contributed by atoms with Crippen LogP contribution in [0.3, 0.4) is 0 Å². The Morgan fingerprint density at radius 2 is 1.91 bits per heavy atom. The first kappa shape index (κ1) is 21.0. The molecule has 1 N–H and O–H groups in total. The number of halogens is 3. The molecule has 1 aliphatic rings. The summed E-state index contributed by atoms with van der Waals surface area (Å²) in [5.41, 5.74) is 0.357. The summed E-state index contributed by atoms with van der Waals surface area (Å²) in [7, 11) is 0. The molecule has 3 heterocycles. The van der Waals surface area contributed by atoms with Gasteiger partial charge >= 0.3 is 0 Å². The number of alkyl halides is 2. The number of benzene rings is 1. The Morgan fingerprint density at radius 3 is 2.58 bits per heavy atom. The molecule has 0 radical (unpaired) electrons. The molecular weight excluding hydrogens is 437 g/mol. The second-order valence-corrected chi connectivity index (χ2v) is 7.95. The number of rotatable bonds is 6. The first-order chi connectivity index (χ1) is 15.8. The van der Waals surface area contributed by atoms with Gasteiger partial charge in [0.15, 0.2) is 11.6 Å². The Bertz CT molecular complexity index is 1340. The Morgan fingerprint density at radius 1 is 1.18 bits per heavy atom. The molecule has 1 fully saturated rings. The van der Waals surface area contributed by atoms with Crippen molar-refractivity contribution >= 4 is 16.8 Å². The lowest BCUT2D eigenvalue weighted by atomic mass is 10.0. The average molecular weight is 456 g/mol. The van der Waals surface area contributed by atoms with Gasteiger partial charge in [0.05, 0.1) is 41.8 Å². The fourth-order valence-corrected chi connectivity index (χ4v) is 3.70. The molecule has 0 aliphatic heterocycles. The van der Waals surface area contributed by atoms with Crippen molar-refractivity contribution in [3.63, 3.8) is 0 Å². The van der Waals surface area contributed by atoms with Gasteiger partial charge in [0.1, 0.15) is 5.82 Å². The zero-order valence-corrected chi connectivity index (χ0v) is 17.7. The van der Waals surface area contributed by atoms with E-state index in [0.29, 0.717) is 22.6 Å². The molecule has 5 rings (SSSR count). The van der Waals surface area contributed by atoms with Crippen LogP contribution in [0.15, 0.2) is 30.7 Å². The zero-order chi connectivity index (χ0) is 23.3. The number of hydrogen-bond acceptors (Lipinski definition) is 6. The molecule has 170 valence electrons. The molecule has 12 heteroatoms. The average Bonchev–Trinajstić information content (AvgIpc) is 3.41. The molecule has 1 aliphatic carbocycles. The molecule has 3 aromatic heterocycles. The lowest BCUT2D eigenvalue weighted by Crippen LogP contribution is -2.29. The summed E-state index contributed by atoms with van der Waals surface area (Å²) in [4.78, 5) is 25.3. The van der Waals surface area contributed by atoms with Crippen LogP contribution in [-0.2, 0) is 0 Å². The number of nitrogens with zero attached hydrogens (tertiary/aromatic N) is 7. The van der Waals surface area contributed by atoms with Gasteiger partial charge in [0.25, 0.3) is 18.3 Å². The van der Waals surface area contributed by atoms with Crippen molar-refractivity contribution in [2.75, 3.05) is 0 Å². The van der Waals surface area contributed by atoms with Gasteiger partial charge in [-0.1, -0.05) is 0 Å². The number of amides is 1. The first-order valence-electron chi connectivity index (χ1n) is 10.3. The summed E-state index contributed by atoms with van der Waals surface area (Å²) in [5.74, 6) is -0.374. The highest BCUT2D eigenvalue weighted by molar-refractivity contribution is 6.06. The van der Waals surface area contributed by atoms with E-state index in [4.69, 9.17) is 0 Å². The van der Waals surface area contributed by atoms with Crippen LogP contribution in [0.5, 0.6) is 0 Å². The highest BCUT2D eigenvalue weighted by Crippen LogP contribution is 2.38. The van der Waals surface area contributed by atoms with Crippen molar-refractivity contribution in [3.8, 4) is 5.95 Å². The van der Waals surface area contributed by atoms with Crippen LogP contribution in [0.2, 0.25) is 0 Å². The highest BCUT2D eigenvalue weighted by atomic mass is 19.3. The van der Waals surface area contributed by atoms with Gasteiger partial charge in [-0.2, -0.15) is 9.78 Å². The fraction of sp³-hybridized carbons (Fsp3) is 0.333. The van der Waals surface area contributed by atoms with E-state index < -0.39 is 24.2 Å². The quantitative estimate of drug-likeness (QED) is 0.475. The van der Waals surface area contributed by atoms with Crippen molar-refractivity contribution in [1.82, 2.24) is 39.8 Å². The Balaban J connectivity index is 1.49. The first-order valence-corrected chi connectivity index (χ1v) is 10.3. The van der Waals surface area contributed by atoms with Crippen molar-refractivity contribution in [2.24, 2.45) is 0 Å². The molecule has 9 nitrogen and oxygen atoms in total. The predicted molar refractivity (Wildman–Crippen MR) is 110 cm³/mol. The molecule has 0 unspecified atom stereocenters. The van der Waals surface area contributed by atoms with Gasteiger partial charge in [0, 0.05) is 10.9 Å². The SMILES string of the molecule is Cc1nc([C@H](C)NC(=O)c2cc(C(F)F)cc3c2cnn3C2CC2)n(-c2ncc(F)cn2)n1. The maximum Gasteiger partial charge on any atom is 0.263 e. The lowest BCUT2D eigenvalue weighted by Gasteiger charge is -2.15. The van der Waals surface area contributed by atoms with Gasteiger partial charge in [-0.25, -0.2) is 28.1 Å². The van der Waals surface area contributed by atoms with Crippen LogP contribution in [-0.4, -0.2) is 40.4 Å². The van der Waals surface area contributed by atoms with E-state index in [1.165, 1.54) is 23.0 Å². The van der Waals surface area contributed by atoms with Crippen molar-refractivity contribution in [2.45, 2.75) is 45.2 Å². The number of aromatic nitrogens is 7. The number of fused-ring (bicyclic) bond motifs is 1. The molecule has 4 aromatic rings. The van der Waals surface area contributed by atoms with E-state index >= 15 is 0 Å². The summed E-state index contributed by atoms with van der Waals surface area (Å²) in [6.45, 7) is 3.32. The van der Waals surface area contributed by atoms with Gasteiger partial charge in [0.2, 0.25) is 0 Å². The third-order valence-electron chi connectivity index (χ3n) is 5.40. The lowest BCUT2D eigenvalue weighted by molar-refractivity contribution is 0.0939. The van der Waals surface area contributed by atoms with Crippen LogP contribution in [0, 0.1) is 12.7 Å². The van der Waals surface area contributed by atoms with Crippen molar-refractivity contribution in [1.29, 1.82) is 0 Å². The molecule has 1 amide bonds. The minimum Gasteiger partial charge on any atom is -0.342 e. The number of carbonyl (C=O) groups excluding carboxylic acids is 1. The second kappa shape index (κ2) is 7.94. The molecule has 1 aromatic carbocycles. The topological polar surface area (TPSA) is 103 Å². The number of aryl methyl sites for hydroxylation is 1. The molecule has 0 saturated heterocycles. The second-order valence-electron chi connectivity index (χ2n) is 7.95. The van der Waals surface area contributed by atoms with E-state index in [9.17, 15) is 18.0 Å². The minimum atomic E-state index is -2.73. The Labute approximate surface area is 185 Å². The predicted octanol–water partition coefficient (Wildman–Crippen LogP) is 3.62. The Hall–Kier alpha value is -3.83. The monoisotopic (exact) mass is 456 g/mol. The van der Waals surface area contributed by atoms with Crippen LogP contribution in [0.25, 0.3) is 16.9 Å². The normalized spacial score (nSPS) is 14.7. The Kier molecular flexibility index (Phi) is 5.06. The molecular formula is C21H19F3N8O. The minimum absolute atomic E-state index is 0.0842. The van der Waals surface area contributed by atoms with Gasteiger partial charge in [-0.15, -0.1) is 5.10 Å². The van der Waals surface area contributed by atoms with Crippen LogP contribution >= 0.6 is 0 Å². The van der Waals surface area contributed by atoms with Crippen LogP contribution < -0.4 is 5.32 Å². The molecule has 0 spiro atoms. The number of carbonyl (C=O) groups is 1. The van der Waals surface area contributed by atoms with E-state index in [-0.39, 0.29) is 23.1 Å². The van der Waals surface area contributed by atoms with Gasteiger partial charge < -0.3 is 5.32 Å². The van der Waals surface area contributed by atoms with E-state index in [0.717, 1.165) is 25.2 Å². The van der Waals surface area contributed by atoms with E-state index in [1.807, 2.05) is 0 Å². The number of hydrogen-bond donors (Lipinski definition) is 1. The molecule has 33 heavy (non-hydrogen) atoms. The summed E-state index contributed by atoms with van der Waals surface area (Å²) < 4.78 is 43.4. The third-order valence-corrected chi connectivity index (χ3v) is 5.40. The van der Waals surface area contributed by atoms with E-state index in [2.05, 4.69) is 30.5 Å². The molecule has 1 saturated carbocycles. The van der Waals surface area contributed by atoms with Crippen LogP contribution in [0.1, 0.15) is 65.8 Å². The highest BCUT2D eigenvalue weighted by Gasteiger charge is 2.28. The summed E-state index contributed by atoms with van der Waals surface area (Å²) in [5, 5.41) is 11.8. The summed E-state index contributed by atoms with van der Waals surface area (Å²) >= 11 is 0. The maximum absolute atomic E-state index is 13.6. The van der Waals surface area contributed by atoms with Crippen molar-refractivity contribution in [3.05, 3.63) is 59.3 Å². The standard InChI is InChI=1S/C21H19F3N8O/c1-10(19-29-11(2)30-32(19)21-25-7-13(22)8-26-21)28-20(33)15-5-12(18(23)24)6-17-16(15)9-27-31(17)14-3-4-14/h5-10,14,18H,3-4H2,1-2H3,(H,28,33)/t10-/m0/s1. The van der Waals surface area contributed by atoms with Crippen LogP contribution in [0.4, 0.5) is 13.2 Å².